The maximum atomic E-state index is 13.8. The van der Waals surface area contributed by atoms with E-state index in [1.54, 1.807) is 57.4 Å². The van der Waals surface area contributed by atoms with Gasteiger partial charge in [-0.3, -0.25) is 4.79 Å². The SMILES string of the molecule is CSc1sc(/C(N)=N\C(=O)OC(C)(C)C)cc1S(=O)(=O)c1cccc(-c2c(C)cccc2NCC(=O)O)c1. The van der Waals surface area contributed by atoms with E-state index >= 15 is 0 Å². The molecule has 0 saturated heterocycles. The van der Waals surface area contributed by atoms with E-state index in [-0.39, 0.29) is 22.2 Å². The van der Waals surface area contributed by atoms with E-state index in [0.29, 0.717) is 25.9 Å². The van der Waals surface area contributed by atoms with Gasteiger partial charge in [0.25, 0.3) is 0 Å². The number of aryl methyl sites for hydroxylation is 1. The number of amides is 1. The maximum Gasteiger partial charge on any atom is 0.436 e. The fourth-order valence-corrected chi connectivity index (χ4v) is 7.51. The van der Waals surface area contributed by atoms with Crippen LogP contribution in [0.3, 0.4) is 0 Å². The molecular formula is C26H29N3O6S3. The zero-order chi connectivity index (χ0) is 28.3. The number of ether oxygens (including phenoxy) is 1. The zero-order valence-corrected chi connectivity index (χ0v) is 24.0. The predicted octanol–water partition coefficient (Wildman–Crippen LogP) is 5.42. The number of anilines is 1. The second-order valence-electron chi connectivity index (χ2n) is 9.22. The van der Waals surface area contributed by atoms with Crippen molar-refractivity contribution in [3.8, 4) is 11.1 Å². The number of nitrogens with two attached hydrogens (primary N) is 1. The normalized spacial score (nSPS) is 12.3. The summed E-state index contributed by atoms with van der Waals surface area (Å²) in [7, 11) is -3.99. The van der Waals surface area contributed by atoms with Gasteiger partial charge in [-0.15, -0.1) is 23.1 Å². The molecule has 0 unspecified atom stereocenters. The molecule has 0 aliphatic carbocycles. The summed E-state index contributed by atoms with van der Waals surface area (Å²) in [5, 5.41) is 12.0. The summed E-state index contributed by atoms with van der Waals surface area (Å²) in [6.45, 7) is 6.69. The molecule has 12 heteroatoms. The zero-order valence-electron chi connectivity index (χ0n) is 21.6. The first-order valence-corrected chi connectivity index (χ1v) is 14.9. The fraction of sp³-hybridized carbons (Fsp3) is 0.269. The standard InChI is InChI=1S/C26H29N3O6S3/c1-15-8-6-11-18(28-14-21(30)31)22(15)16-9-7-10-17(12-16)38(33,34)20-13-19(37-24(20)36-5)23(27)29-25(32)35-26(2,3)4/h6-13,28H,14H2,1-5H3,(H,30,31)(H2,27,29,32). The number of benzene rings is 2. The first kappa shape index (κ1) is 29.2. The number of thioether (sulfide) groups is 1. The number of aliphatic imine (C=N–C) groups is 1. The largest absolute Gasteiger partial charge is 0.480 e. The van der Waals surface area contributed by atoms with Gasteiger partial charge >= 0.3 is 12.1 Å². The topological polar surface area (TPSA) is 148 Å². The van der Waals surface area contributed by atoms with Crippen molar-refractivity contribution >= 4 is 56.5 Å². The van der Waals surface area contributed by atoms with E-state index < -0.39 is 27.5 Å². The fourth-order valence-electron chi connectivity index (χ4n) is 3.57. The summed E-state index contributed by atoms with van der Waals surface area (Å²) in [6, 6.07) is 13.3. The van der Waals surface area contributed by atoms with Crippen LogP contribution in [0.1, 0.15) is 31.2 Å². The molecule has 0 aliphatic heterocycles. The summed E-state index contributed by atoms with van der Waals surface area (Å²) in [5.74, 6) is -1.15. The number of carbonyl (C=O) groups is 2. The summed E-state index contributed by atoms with van der Waals surface area (Å²) in [6.07, 6.45) is 0.886. The van der Waals surface area contributed by atoms with Crippen LogP contribution >= 0.6 is 23.1 Å². The molecule has 1 heterocycles. The molecule has 1 aromatic heterocycles. The van der Waals surface area contributed by atoms with Gasteiger partial charge < -0.3 is 20.9 Å². The highest BCUT2D eigenvalue weighted by atomic mass is 32.2. The average Bonchev–Trinajstić information content (AvgIpc) is 3.27. The monoisotopic (exact) mass is 575 g/mol. The Balaban J connectivity index is 2.04. The number of thiophene rings is 1. The molecule has 3 aromatic rings. The summed E-state index contributed by atoms with van der Waals surface area (Å²) >= 11 is 2.36. The summed E-state index contributed by atoms with van der Waals surface area (Å²) < 4.78 is 33.2. The van der Waals surface area contributed by atoms with Gasteiger partial charge in [0.2, 0.25) is 9.84 Å². The lowest BCUT2D eigenvalue weighted by atomic mass is 9.98. The summed E-state index contributed by atoms with van der Waals surface area (Å²) in [5.41, 5.74) is 8.02. The van der Waals surface area contributed by atoms with Crippen LogP contribution in [-0.2, 0) is 19.4 Å². The van der Waals surface area contributed by atoms with Crippen molar-refractivity contribution in [2.24, 2.45) is 10.7 Å². The van der Waals surface area contributed by atoms with Gasteiger partial charge in [-0.25, -0.2) is 13.2 Å². The predicted molar refractivity (Wildman–Crippen MR) is 151 cm³/mol. The van der Waals surface area contributed by atoms with E-state index in [4.69, 9.17) is 15.6 Å². The van der Waals surface area contributed by atoms with Gasteiger partial charge in [-0.2, -0.15) is 4.99 Å². The van der Waals surface area contributed by atoms with Crippen molar-refractivity contribution in [2.75, 3.05) is 18.1 Å². The lowest BCUT2D eigenvalue weighted by Crippen LogP contribution is -2.24. The average molecular weight is 576 g/mol. The Hall–Kier alpha value is -3.35. The van der Waals surface area contributed by atoms with Crippen LogP contribution < -0.4 is 11.1 Å². The minimum Gasteiger partial charge on any atom is -0.480 e. The van der Waals surface area contributed by atoms with Crippen molar-refractivity contribution in [1.29, 1.82) is 0 Å². The molecule has 1 amide bonds. The molecule has 38 heavy (non-hydrogen) atoms. The molecular weight excluding hydrogens is 547 g/mol. The van der Waals surface area contributed by atoms with Crippen LogP contribution in [0.15, 0.2) is 67.5 Å². The molecule has 0 fully saturated rings. The van der Waals surface area contributed by atoms with E-state index in [1.807, 2.05) is 13.0 Å². The van der Waals surface area contributed by atoms with Gasteiger partial charge in [0.15, 0.2) is 0 Å². The molecule has 202 valence electrons. The molecule has 0 radical (unpaired) electrons. The Morgan fingerprint density at radius 2 is 1.84 bits per heavy atom. The second-order valence-corrected chi connectivity index (χ2v) is 13.3. The molecule has 2 aromatic carbocycles. The van der Waals surface area contributed by atoms with Crippen molar-refractivity contribution in [3.63, 3.8) is 0 Å². The molecule has 0 bridgehead atoms. The van der Waals surface area contributed by atoms with Crippen molar-refractivity contribution in [2.45, 2.75) is 47.3 Å². The number of nitrogens with one attached hydrogen (secondary N) is 1. The molecule has 0 atom stereocenters. The number of aliphatic carboxylic acids is 1. The quantitative estimate of drug-likeness (QED) is 0.182. The number of nitrogens with zero attached hydrogens (tertiary/aromatic N) is 1. The van der Waals surface area contributed by atoms with Crippen LogP contribution in [0.5, 0.6) is 0 Å². The number of carboxylic acids is 1. The molecule has 4 N–H and O–H groups in total. The lowest BCUT2D eigenvalue weighted by Gasteiger charge is -2.17. The van der Waals surface area contributed by atoms with Crippen LogP contribution in [0.25, 0.3) is 11.1 Å². The second kappa shape index (κ2) is 11.6. The molecule has 0 aliphatic rings. The van der Waals surface area contributed by atoms with Crippen molar-refractivity contribution in [1.82, 2.24) is 0 Å². The Bertz CT molecular complexity index is 1500. The highest BCUT2D eigenvalue weighted by Crippen LogP contribution is 2.39. The number of hydrogen-bond acceptors (Lipinski definition) is 8. The maximum absolute atomic E-state index is 13.8. The molecule has 0 saturated carbocycles. The Kier molecular flexibility index (Phi) is 8.90. The number of hydrogen-bond donors (Lipinski definition) is 3. The number of amidine groups is 1. The highest BCUT2D eigenvalue weighted by Gasteiger charge is 2.26. The van der Waals surface area contributed by atoms with Gasteiger partial charge in [-0.05, 0) is 69.3 Å². The Labute approximate surface area is 230 Å². The van der Waals surface area contributed by atoms with E-state index in [2.05, 4.69) is 10.3 Å². The number of carbonyl (C=O) groups excluding carboxylic acids is 1. The van der Waals surface area contributed by atoms with Gasteiger partial charge in [-0.1, -0.05) is 24.3 Å². The van der Waals surface area contributed by atoms with Gasteiger partial charge in [0.1, 0.15) is 18.0 Å². The summed E-state index contributed by atoms with van der Waals surface area (Å²) in [4.78, 5) is 27.4. The molecule has 0 spiro atoms. The van der Waals surface area contributed by atoms with E-state index in [1.165, 1.54) is 23.9 Å². The lowest BCUT2D eigenvalue weighted by molar-refractivity contribution is -0.134. The van der Waals surface area contributed by atoms with Crippen molar-refractivity contribution in [3.05, 3.63) is 59.0 Å². The van der Waals surface area contributed by atoms with Crippen LogP contribution in [-0.4, -0.2) is 49.8 Å². The van der Waals surface area contributed by atoms with Gasteiger partial charge in [0.05, 0.1) is 18.9 Å². The van der Waals surface area contributed by atoms with E-state index in [9.17, 15) is 18.0 Å². The van der Waals surface area contributed by atoms with Crippen LogP contribution in [0, 0.1) is 6.92 Å². The number of carboxylic acid groups (broad SMARTS) is 1. The third kappa shape index (κ3) is 6.94. The Morgan fingerprint density at radius 1 is 1.16 bits per heavy atom. The first-order valence-electron chi connectivity index (χ1n) is 11.4. The minimum atomic E-state index is -3.99. The highest BCUT2D eigenvalue weighted by molar-refractivity contribution is 8.01. The van der Waals surface area contributed by atoms with Crippen molar-refractivity contribution < 1.29 is 27.9 Å². The third-order valence-corrected chi connectivity index (χ3v) is 9.46. The van der Waals surface area contributed by atoms with Crippen LogP contribution in [0.4, 0.5) is 10.5 Å². The van der Waals surface area contributed by atoms with E-state index in [0.717, 1.165) is 16.9 Å². The Morgan fingerprint density at radius 3 is 2.47 bits per heavy atom. The minimum absolute atomic E-state index is 0.0542. The van der Waals surface area contributed by atoms with Crippen LogP contribution in [0.2, 0.25) is 0 Å². The molecule has 9 nitrogen and oxygen atoms in total. The third-order valence-electron chi connectivity index (χ3n) is 5.13. The van der Waals surface area contributed by atoms with Gasteiger partial charge in [0, 0.05) is 11.3 Å². The molecule has 3 rings (SSSR count). The number of sulfone groups is 1. The first-order chi connectivity index (χ1) is 17.7. The smallest absolute Gasteiger partial charge is 0.436 e. The number of rotatable bonds is 8.